The summed E-state index contributed by atoms with van der Waals surface area (Å²) in [4.78, 5) is 47.7. The molecular formula is C20H20N4O7. The van der Waals surface area contributed by atoms with Crippen LogP contribution in [0.1, 0.15) is 28.8 Å². The highest BCUT2D eigenvalue weighted by atomic mass is 16.6. The summed E-state index contributed by atoms with van der Waals surface area (Å²) in [5.41, 5.74) is 0.609. The number of hydrogen-bond donors (Lipinski definition) is 1. The first-order chi connectivity index (χ1) is 14.8. The van der Waals surface area contributed by atoms with Crippen LogP contribution in [0.2, 0.25) is 0 Å². The molecule has 1 heterocycles. The van der Waals surface area contributed by atoms with Gasteiger partial charge in [0.1, 0.15) is 0 Å². The molecule has 1 aliphatic rings. The molecule has 0 aromatic heterocycles. The van der Waals surface area contributed by atoms with Gasteiger partial charge in [-0.3, -0.25) is 25.0 Å². The molecule has 1 fully saturated rings. The molecule has 0 bridgehead atoms. The van der Waals surface area contributed by atoms with Gasteiger partial charge in [-0.05, 0) is 31.9 Å². The number of carbonyl (C=O) groups excluding carboxylic acids is 2. The molecule has 0 atom stereocenters. The zero-order valence-corrected chi connectivity index (χ0v) is 16.7. The van der Waals surface area contributed by atoms with Crippen molar-refractivity contribution in [1.29, 1.82) is 0 Å². The highest BCUT2D eigenvalue weighted by Gasteiger charge is 2.24. The maximum atomic E-state index is 12.6. The summed E-state index contributed by atoms with van der Waals surface area (Å²) in [5.74, 6) is -1.55. The molecule has 31 heavy (non-hydrogen) atoms. The van der Waals surface area contributed by atoms with Crippen LogP contribution in [0.15, 0.2) is 36.4 Å². The van der Waals surface area contributed by atoms with Crippen LogP contribution < -0.4 is 10.2 Å². The summed E-state index contributed by atoms with van der Waals surface area (Å²) in [5, 5.41) is 24.6. The van der Waals surface area contributed by atoms with E-state index >= 15 is 0 Å². The average Bonchev–Trinajstić information content (AvgIpc) is 3.27. The van der Waals surface area contributed by atoms with Crippen LogP contribution in [0.25, 0.3) is 0 Å². The topological polar surface area (TPSA) is 145 Å². The molecule has 11 heteroatoms. The van der Waals surface area contributed by atoms with Crippen LogP contribution in [0, 0.1) is 27.2 Å². The van der Waals surface area contributed by atoms with Crippen LogP contribution in [-0.4, -0.2) is 41.4 Å². The Bertz CT molecular complexity index is 1050. The Morgan fingerprint density at radius 1 is 1.10 bits per heavy atom. The van der Waals surface area contributed by atoms with Crippen LogP contribution >= 0.6 is 0 Å². The summed E-state index contributed by atoms with van der Waals surface area (Å²) in [6.07, 6.45) is 1.88. The van der Waals surface area contributed by atoms with Gasteiger partial charge in [-0.25, -0.2) is 4.79 Å². The van der Waals surface area contributed by atoms with E-state index in [4.69, 9.17) is 4.74 Å². The lowest BCUT2D eigenvalue weighted by atomic mass is 10.1. The van der Waals surface area contributed by atoms with E-state index in [0.29, 0.717) is 18.8 Å². The van der Waals surface area contributed by atoms with E-state index in [0.717, 1.165) is 18.9 Å². The molecule has 1 aliphatic heterocycles. The summed E-state index contributed by atoms with van der Waals surface area (Å²) in [7, 11) is 0. The number of nitro groups is 2. The van der Waals surface area contributed by atoms with Gasteiger partial charge in [-0.2, -0.15) is 0 Å². The van der Waals surface area contributed by atoms with Crippen LogP contribution in [0.5, 0.6) is 0 Å². The molecule has 2 aromatic rings. The van der Waals surface area contributed by atoms with Crippen LogP contribution in [-0.2, 0) is 9.53 Å². The van der Waals surface area contributed by atoms with E-state index in [2.05, 4.69) is 5.32 Å². The number of nitro benzene ring substituents is 2. The predicted octanol–water partition coefficient (Wildman–Crippen LogP) is 3.21. The molecule has 0 spiro atoms. The van der Waals surface area contributed by atoms with Gasteiger partial charge in [-0.15, -0.1) is 0 Å². The van der Waals surface area contributed by atoms with E-state index in [1.54, 1.807) is 0 Å². The first-order valence-electron chi connectivity index (χ1n) is 9.52. The van der Waals surface area contributed by atoms with Gasteiger partial charge in [0.2, 0.25) is 0 Å². The Morgan fingerprint density at radius 2 is 1.81 bits per heavy atom. The van der Waals surface area contributed by atoms with E-state index in [1.165, 1.54) is 37.3 Å². The van der Waals surface area contributed by atoms with Crippen molar-refractivity contribution in [2.24, 2.45) is 0 Å². The fourth-order valence-electron chi connectivity index (χ4n) is 3.39. The van der Waals surface area contributed by atoms with Gasteiger partial charge in [0.05, 0.1) is 32.3 Å². The second kappa shape index (κ2) is 9.20. The minimum absolute atomic E-state index is 0.00966. The second-order valence-electron chi connectivity index (χ2n) is 6.98. The molecule has 2 aromatic carbocycles. The number of rotatable bonds is 7. The van der Waals surface area contributed by atoms with Gasteiger partial charge >= 0.3 is 5.97 Å². The standard InChI is InChI=1S/C20H20N4O7/c1-13-16(5-4-6-17(13)24(29)30)21-19(25)12-31-20(26)15-11-14(23(27)28)7-8-18(15)22-9-2-3-10-22/h4-8,11H,2-3,9-10,12H2,1H3,(H,21,25). The summed E-state index contributed by atoms with van der Waals surface area (Å²) in [6, 6.07) is 8.20. The Hall–Kier alpha value is -4.02. The second-order valence-corrected chi connectivity index (χ2v) is 6.98. The maximum absolute atomic E-state index is 12.6. The largest absolute Gasteiger partial charge is 0.452 e. The Morgan fingerprint density at radius 3 is 2.45 bits per heavy atom. The number of benzene rings is 2. The lowest BCUT2D eigenvalue weighted by molar-refractivity contribution is -0.385. The number of esters is 1. The number of anilines is 2. The van der Waals surface area contributed by atoms with Crippen LogP contribution in [0.4, 0.5) is 22.7 Å². The number of nitrogens with zero attached hydrogens (tertiary/aromatic N) is 3. The molecule has 1 amide bonds. The van der Waals surface area contributed by atoms with Crippen molar-refractivity contribution in [1.82, 2.24) is 0 Å². The molecule has 1 N–H and O–H groups in total. The van der Waals surface area contributed by atoms with Gasteiger partial charge in [0, 0.05) is 31.3 Å². The molecule has 3 rings (SSSR count). The van der Waals surface area contributed by atoms with Crippen molar-refractivity contribution in [3.63, 3.8) is 0 Å². The quantitative estimate of drug-likeness (QED) is 0.402. The fraction of sp³-hybridized carbons (Fsp3) is 0.300. The maximum Gasteiger partial charge on any atom is 0.341 e. The molecule has 0 saturated carbocycles. The van der Waals surface area contributed by atoms with Crippen molar-refractivity contribution in [3.05, 3.63) is 67.8 Å². The molecule has 0 aliphatic carbocycles. The third kappa shape index (κ3) is 4.94. The zero-order valence-electron chi connectivity index (χ0n) is 16.7. The monoisotopic (exact) mass is 428 g/mol. The number of non-ortho nitro benzene ring substituents is 1. The highest BCUT2D eigenvalue weighted by molar-refractivity contribution is 5.99. The van der Waals surface area contributed by atoms with Crippen molar-refractivity contribution in [2.75, 3.05) is 29.9 Å². The molecular weight excluding hydrogens is 408 g/mol. The van der Waals surface area contributed by atoms with Crippen molar-refractivity contribution in [3.8, 4) is 0 Å². The first-order valence-corrected chi connectivity index (χ1v) is 9.52. The number of ether oxygens (including phenoxy) is 1. The Balaban J connectivity index is 1.72. The van der Waals surface area contributed by atoms with Crippen molar-refractivity contribution >= 4 is 34.6 Å². The lowest BCUT2D eigenvalue weighted by Crippen LogP contribution is -2.24. The van der Waals surface area contributed by atoms with E-state index in [9.17, 15) is 29.8 Å². The first kappa shape index (κ1) is 21.7. The van der Waals surface area contributed by atoms with E-state index in [1.807, 2.05) is 4.90 Å². The van der Waals surface area contributed by atoms with Crippen LogP contribution in [0.3, 0.4) is 0 Å². The third-order valence-corrected chi connectivity index (χ3v) is 4.97. The SMILES string of the molecule is Cc1c(NC(=O)COC(=O)c2cc([N+](=O)[O-])ccc2N2CCCC2)cccc1[N+](=O)[O-]. The highest BCUT2D eigenvalue weighted by Crippen LogP contribution is 2.29. The number of carbonyl (C=O) groups is 2. The molecule has 0 radical (unpaired) electrons. The van der Waals surface area contributed by atoms with E-state index in [-0.39, 0.29) is 28.2 Å². The van der Waals surface area contributed by atoms with E-state index < -0.39 is 28.3 Å². The average molecular weight is 428 g/mol. The number of nitrogens with one attached hydrogen (secondary N) is 1. The summed E-state index contributed by atoms with van der Waals surface area (Å²) in [6.45, 7) is 2.27. The Labute approximate surface area is 176 Å². The van der Waals surface area contributed by atoms with Gasteiger partial charge in [0.15, 0.2) is 6.61 Å². The normalized spacial score (nSPS) is 13.0. The number of hydrogen-bond acceptors (Lipinski definition) is 8. The molecule has 162 valence electrons. The molecule has 11 nitrogen and oxygen atoms in total. The summed E-state index contributed by atoms with van der Waals surface area (Å²) < 4.78 is 5.08. The van der Waals surface area contributed by atoms with Gasteiger partial charge in [-0.1, -0.05) is 6.07 Å². The molecule has 1 saturated heterocycles. The number of amides is 1. The minimum Gasteiger partial charge on any atom is -0.452 e. The van der Waals surface area contributed by atoms with Crippen molar-refractivity contribution < 1.29 is 24.2 Å². The lowest BCUT2D eigenvalue weighted by Gasteiger charge is -2.20. The van der Waals surface area contributed by atoms with Gasteiger partial charge < -0.3 is 15.0 Å². The zero-order chi connectivity index (χ0) is 22.5. The summed E-state index contributed by atoms with van der Waals surface area (Å²) >= 11 is 0. The van der Waals surface area contributed by atoms with Crippen molar-refractivity contribution in [2.45, 2.75) is 19.8 Å². The smallest absolute Gasteiger partial charge is 0.341 e. The minimum atomic E-state index is -0.864. The third-order valence-electron chi connectivity index (χ3n) is 4.97. The predicted molar refractivity (Wildman–Crippen MR) is 111 cm³/mol. The molecule has 0 unspecified atom stereocenters. The fourth-order valence-corrected chi connectivity index (χ4v) is 3.39. The Kier molecular flexibility index (Phi) is 6.43. The van der Waals surface area contributed by atoms with Gasteiger partial charge in [0.25, 0.3) is 17.3 Å².